The highest BCUT2D eigenvalue weighted by Crippen LogP contribution is 2.22. The van der Waals surface area contributed by atoms with Crippen LogP contribution in [0.2, 0.25) is 0 Å². The lowest BCUT2D eigenvalue weighted by atomic mass is 10.1. The highest BCUT2D eigenvalue weighted by atomic mass is 16.2. The maximum absolute atomic E-state index is 13.0. The van der Waals surface area contributed by atoms with Gasteiger partial charge in [-0.2, -0.15) is 5.10 Å². The van der Waals surface area contributed by atoms with Gasteiger partial charge in [0.15, 0.2) is 5.69 Å². The van der Waals surface area contributed by atoms with E-state index >= 15 is 0 Å². The van der Waals surface area contributed by atoms with E-state index in [-0.39, 0.29) is 11.9 Å². The van der Waals surface area contributed by atoms with Gasteiger partial charge in [-0.1, -0.05) is 60.7 Å². The molecule has 3 aromatic rings. The molecule has 0 unspecified atom stereocenters. The summed E-state index contributed by atoms with van der Waals surface area (Å²) >= 11 is 0. The van der Waals surface area contributed by atoms with Gasteiger partial charge < -0.3 is 4.90 Å². The van der Waals surface area contributed by atoms with Crippen LogP contribution >= 0.6 is 0 Å². The topological polar surface area (TPSA) is 41.4 Å². The van der Waals surface area contributed by atoms with Gasteiger partial charge in [0.2, 0.25) is 0 Å². The molecular weight excluding hydrogens is 348 g/mol. The molecule has 0 spiro atoms. The number of benzene rings is 2. The van der Waals surface area contributed by atoms with Crippen LogP contribution in [0.3, 0.4) is 0 Å². The van der Waals surface area contributed by atoms with Crippen LogP contribution in [0.5, 0.6) is 0 Å². The number of likely N-dealkylation sites (tertiary alicyclic amines) is 1. The van der Waals surface area contributed by atoms with Crippen molar-refractivity contribution in [2.24, 2.45) is 7.05 Å². The molecule has 144 valence electrons. The van der Waals surface area contributed by atoms with Gasteiger partial charge in [0, 0.05) is 39.8 Å². The number of likely N-dealkylation sites (N-methyl/N-ethyl adjacent to an activating group) is 1. The lowest BCUT2D eigenvalue weighted by molar-refractivity contribution is 0.0728. The largest absolute Gasteiger partial charge is 0.336 e. The molecule has 0 bridgehead atoms. The van der Waals surface area contributed by atoms with E-state index in [1.54, 1.807) is 4.68 Å². The van der Waals surface area contributed by atoms with Crippen molar-refractivity contribution in [1.29, 1.82) is 0 Å². The summed E-state index contributed by atoms with van der Waals surface area (Å²) in [4.78, 5) is 17.3. The summed E-state index contributed by atoms with van der Waals surface area (Å²) in [5.41, 5.74) is 3.84. The Morgan fingerprint density at radius 3 is 2.50 bits per heavy atom. The predicted molar refractivity (Wildman–Crippen MR) is 111 cm³/mol. The van der Waals surface area contributed by atoms with Crippen molar-refractivity contribution in [3.8, 4) is 11.3 Å². The molecule has 0 radical (unpaired) electrons. The third kappa shape index (κ3) is 3.85. The maximum Gasteiger partial charge on any atom is 0.274 e. The zero-order chi connectivity index (χ0) is 19.5. The first-order valence-electron chi connectivity index (χ1n) is 9.75. The Kier molecular flexibility index (Phi) is 5.26. The van der Waals surface area contributed by atoms with Gasteiger partial charge in [0.1, 0.15) is 0 Å². The Morgan fingerprint density at radius 2 is 1.79 bits per heavy atom. The summed E-state index contributed by atoms with van der Waals surface area (Å²) < 4.78 is 1.78. The third-order valence-electron chi connectivity index (χ3n) is 5.53. The molecule has 5 heteroatoms. The fourth-order valence-electron chi connectivity index (χ4n) is 3.91. The molecule has 1 amide bonds. The minimum atomic E-state index is -0.00987. The number of hydrogen-bond acceptors (Lipinski definition) is 3. The molecule has 5 nitrogen and oxygen atoms in total. The summed E-state index contributed by atoms with van der Waals surface area (Å²) in [5, 5.41) is 4.48. The summed E-state index contributed by atoms with van der Waals surface area (Å²) in [7, 11) is 3.78. The number of carbonyl (C=O) groups is 1. The van der Waals surface area contributed by atoms with Crippen LogP contribution in [-0.2, 0) is 13.6 Å². The fourth-order valence-corrected chi connectivity index (χ4v) is 3.91. The number of carbonyl (C=O) groups excluding carboxylic acids is 1. The second-order valence-corrected chi connectivity index (χ2v) is 7.48. The quantitative estimate of drug-likeness (QED) is 0.687. The summed E-state index contributed by atoms with van der Waals surface area (Å²) in [6.45, 7) is 2.84. The molecule has 28 heavy (non-hydrogen) atoms. The Morgan fingerprint density at radius 1 is 1.11 bits per heavy atom. The zero-order valence-electron chi connectivity index (χ0n) is 16.5. The Labute approximate surface area is 166 Å². The van der Waals surface area contributed by atoms with E-state index in [1.807, 2.05) is 61.5 Å². The average Bonchev–Trinajstić information content (AvgIpc) is 3.35. The van der Waals surface area contributed by atoms with E-state index in [0.29, 0.717) is 5.69 Å². The van der Waals surface area contributed by atoms with Crippen LogP contribution < -0.4 is 0 Å². The van der Waals surface area contributed by atoms with Gasteiger partial charge in [0.25, 0.3) is 5.91 Å². The second-order valence-electron chi connectivity index (χ2n) is 7.48. The van der Waals surface area contributed by atoms with Crippen LogP contribution in [0.25, 0.3) is 11.3 Å². The normalized spacial score (nSPS) is 17.0. The van der Waals surface area contributed by atoms with Crippen molar-refractivity contribution in [3.63, 3.8) is 0 Å². The molecule has 0 N–H and O–H groups in total. The molecule has 1 aromatic heterocycles. The van der Waals surface area contributed by atoms with E-state index < -0.39 is 0 Å². The average molecular weight is 374 g/mol. The van der Waals surface area contributed by atoms with Gasteiger partial charge >= 0.3 is 0 Å². The van der Waals surface area contributed by atoms with E-state index in [1.165, 1.54) is 5.56 Å². The van der Waals surface area contributed by atoms with Gasteiger partial charge in [-0.25, -0.2) is 0 Å². The molecular formula is C23H26N4O. The lowest BCUT2D eigenvalue weighted by Gasteiger charge is -2.24. The highest BCUT2D eigenvalue weighted by Gasteiger charge is 2.30. The second kappa shape index (κ2) is 7.98. The van der Waals surface area contributed by atoms with Gasteiger partial charge in [-0.15, -0.1) is 0 Å². The van der Waals surface area contributed by atoms with E-state index in [9.17, 15) is 4.79 Å². The molecule has 1 fully saturated rings. The monoisotopic (exact) mass is 374 g/mol. The fraction of sp³-hybridized carbons (Fsp3) is 0.304. The number of aryl methyl sites for hydroxylation is 1. The molecule has 1 aliphatic rings. The Balaban J connectivity index is 1.43. The molecule has 4 rings (SSSR count). The minimum absolute atomic E-state index is 0.00987. The van der Waals surface area contributed by atoms with Gasteiger partial charge in [-0.05, 0) is 23.6 Å². The number of hydrogen-bond donors (Lipinski definition) is 0. The first-order chi connectivity index (χ1) is 13.6. The molecule has 0 saturated carbocycles. The molecule has 1 atom stereocenters. The minimum Gasteiger partial charge on any atom is -0.336 e. The predicted octanol–water partition coefficient (Wildman–Crippen LogP) is 3.43. The number of nitrogens with zero attached hydrogens (tertiary/aromatic N) is 4. The first-order valence-corrected chi connectivity index (χ1v) is 9.75. The summed E-state index contributed by atoms with van der Waals surface area (Å²) in [5.74, 6) is -0.00987. The van der Waals surface area contributed by atoms with Gasteiger partial charge in [-0.3, -0.25) is 14.4 Å². The standard InChI is InChI=1S/C23H26N4O/c1-25(20-13-14-27(17-20)16-18-9-5-3-6-10-18)23(28)21-15-22(26(2)24-21)19-11-7-4-8-12-19/h3-12,15,20H,13-14,16-17H2,1-2H3/t20-/m0/s1. The molecule has 1 aliphatic heterocycles. The van der Waals surface area contributed by atoms with Crippen molar-refractivity contribution in [2.75, 3.05) is 20.1 Å². The Hall–Kier alpha value is -2.92. The van der Waals surface area contributed by atoms with Crippen LogP contribution in [0.1, 0.15) is 22.5 Å². The number of amides is 1. The van der Waals surface area contributed by atoms with E-state index in [4.69, 9.17) is 0 Å². The van der Waals surface area contributed by atoms with Crippen molar-refractivity contribution in [1.82, 2.24) is 19.6 Å². The van der Waals surface area contributed by atoms with Crippen LogP contribution in [0.4, 0.5) is 0 Å². The van der Waals surface area contributed by atoms with E-state index in [0.717, 1.165) is 37.3 Å². The van der Waals surface area contributed by atoms with E-state index in [2.05, 4.69) is 34.3 Å². The summed E-state index contributed by atoms with van der Waals surface area (Å²) in [6.07, 6.45) is 0.994. The number of rotatable bonds is 5. The van der Waals surface area contributed by atoms with Crippen LogP contribution in [0.15, 0.2) is 66.7 Å². The van der Waals surface area contributed by atoms with Gasteiger partial charge in [0.05, 0.1) is 5.69 Å². The van der Waals surface area contributed by atoms with Crippen molar-refractivity contribution in [3.05, 3.63) is 78.0 Å². The Bertz CT molecular complexity index is 936. The zero-order valence-corrected chi connectivity index (χ0v) is 16.5. The van der Waals surface area contributed by atoms with Crippen molar-refractivity contribution in [2.45, 2.75) is 19.0 Å². The first kappa shape index (κ1) is 18.4. The maximum atomic E-state index is 13.0. The smallest absolute Gasteiger partial charge is 0.274 e. The molecule has 1 saturated heterocycles. The SMILES string of the molecule is CN(C(=O)c1cc(-c2ccccc2)n(C)n1)[C@H]1CCN(Cc2ccccc2)C1. The summed E-state index contributed by atoms with van der Waals surface area (Å²) in [6, 6.07) is 22.7. The van der Waals surface area contributed by atoms with Crippen LogP contribution in [0, 0.1) is 0 Å². The van der Waals surface area contributed by atoms with Crippen LogP contribution in [-0.4, -0.2) is 51.7 Å². The van der Waals surface area contributed by atoms with Crippen molar-refractivity contribution < 1.29 is 4.79 Å². The number of aromatic nitrogens is 2. The molecule has 2 heterocycles. The molecule has 2 aromatic carbocycles. The molecule has 0 aliphatic carbocycles. The lowest BCUT2D eigenvalue weighted by Crippen LogP contribution is -2.39. The van der Waals surface area contributed by atoms with Crippen molar-refractivity contribution >= 4 is 5.91 Å². The third-order valence-corrected chi connectivity index (χ3v) is 5.53. The highest BCUT2D eigenvalue weighted by molar-refractivity contribution is 5.93.